The smallest absolute Gasteiger partial charge is 0.380 e. The molecule has 0 aromatic carbocycles. The van der Waals surface area contributed by atoms with Gasteiger partial charge in [-0.05, 0) is 12.8 Å². The molecule has 1 saturated carbocycles. The molecule has 3 nitrogen and oxygen atoms in total. The molecule has 2 unspecified atom stereocenters. The van der Waals surface area contributed by atoms with Gasteiger partial charge in [0.15, 0.2) is 6.61 Å². The Labute approximate surface area is 86.9 Å². The summed E-state index contributed by atoms with van der Waals surface area (Å²) in [6.07, 6.45) is -0.639. The minimum Gasteiger partial charge on any atom is -0.380 e. The lowest BCUT2D eigenvalue weighted by atomic mass is 9.93. The minimum absolute atomic E-state index is 0.0491. The van der Waals surface area contributed by atoms with Crippen LogP contribution < -0.4 is 5.48 Å². The molecule has 1 fully saturated rings. The summed E-state index contributed by atoms with van der Waals surface area (Å²) in [6.45, 7) is -1.26. The van der Waals surface area contributed by atoms with Crippen LogP contribution in [0, 0.1) is 0 Å². The largest absolute Gasteiger partial charge is 0.413 e. The molecule has 6 heteroatoms. The number of nitrogens with one attached hydrogen (secondary N) is 1. The van der Waals surface area contributed by atoms with Crippen LogP contribution in [0.1, 0.15) is 25.7 Å². The van der Waals surface area contributed by atoms with Crippen molar-refractivity contribution in [3.63, 3.8) is 0 Å². The quantitative estimate of drug-likeness (QED) is 0.745. The monoisotopic (exact) mass is 227 g/mol. The van der Waals surface area contributed by atoms with Crippen LogP contribution in [0.4, 0.5) is 13.2 Å². The number of ether oxygens (including phenoxy) is 1. The Morgan fingerprint density at radius 2 is 1.93 bits per heavy atom. The van der Waals surface area contributed by atoms with Crippen molar-refractivity contribution in [2.75, 3.05) is 13.7 Å². The highest BCUT2D eigenvalue weighted by Gasteiger charge is 2.30. The third kappa shape index (κ3) is 4.81. The lowest BCUT2D eigenvalue weighted by molar-refractivity contribution is -0.197. The van der Waals surface area contributed by atoms with Gasteiger partial charge in [0.05, 0.1) is 12.1 Å². The molecular weight excluding hydrogens is 211 g/mol. The molecule has 0 amide bonds. The van der Waals surface area contributed by atoms with E-state index in [0.717, 1.165) is 25.7 Å². The highest BCUT2D eigenvalue weighted by molar-refractivity contribution is 4.79. The SMILES string of the molecule is COC1CCCCC1NOCC(F)(F)F. The number of hydrogen-bond acceptors (Lipinski definition) is 3. The number of rotatable bonds is 4. The molecule has 1 aliphatic carbocycles. The number of methoxy groups -OCH3 is 1. The van der Waals surface area contributed by atoms with Crippen LogP contribution in [0.25, 0.3) is 0 Å². The number of hydroxylamine groups is 1. The van der Waals surface area contributed by atoms with Crippen molar-refractivity contribution in [2.24, 2.45) is 0 Å². The van der Waals surface area contributed by atoms with Crippen LogP contribution in [0.2, 0.25) is 0 Å². The van der Waals surface area contributed by atoms with Crippen molar-refractivity contribution in [2.45, 2.75) is 44.0 Å². The summed E-state index contributed by atoms with van der Waals surface area (Å²) in [7, 11) is 1.56. The summed E-state index contributed by atoms with van der Waals surface area (Å²) in [5, 5.41) is 0. The topological polar surface area (TPSA) is 30.5 Å². The standard InChI is InChI=1S/C9H16F3NO2/c1-14-8-5-3-2-4-7(8)13-15-6-9(10,11)12/h7-8,13H,2-6H2,1H3. The molecule has 0 saturated heterocycles. The third-order valence-corrected chi connectivity index (χ3v) is 2.48. The van der Waals surface area contributed by atoms with Crippen LogP contribution in [0.3, 0.4) is 0 Å². The van der Waals surface area contributed by atoms with E-state index < -0.39 is 12.8 Å². The van der Waals surface area contributed by atoms with Crippen molar-refractivity contribution >= 4 is 0 Å². The number of alkyl halides is 3. The zero-order valence-electron chi connectivity index (χ0n) is 8.64. The molecule has 90 valence electrons. The van der Waals surface area contributed by atoms with Crippen molar-refractivity contribution < 1.29 is 22.7 Å². The van der Waals surface area contributed by atoms with Gasteiger partial charge in [0.2, 0.25) is 0 Å². The van der Waals surface area contributed by atoms with Crippen molar-refractivity contribution in [1.82, 2.24) is 5.48 Å². The maximum atomic E-state index is 11.8. The normalized spacial score (nSPS) is 28.0. The second-order valence-electron chi connectivity index (χ2n) is 3.69. The lowest BCUT2D eigenvalue weighted by Gasteiger charge is -2.30. The van der Waals surface area contributed by atoms with Crippen molar-refractivity contribution in [3.8, 4) is 0 Å². The molecule has 0 spiro atoms. The first-order valence-corrected chi connectivity index (χ1v) is 5.00. The third-order valence-electron chi connectivity index (χ3n) is 2.48. The fourth-order valence-corrected chi connectivity index (χ4v) is 1.74. The first-order valence-electron chi connectivity index (χ1n) is 5.00. The van der Waals surface area contributed by atoms with E-state index in [9.17, 15) is 13.2 Å². The summed E-state index contributed by atoms with van der Waals surface area (Å²) in [5.41, 5.74) is 2.43. The average Bonchev–Trinajstić information content (AvgIpc) is 2.16. The Morgan fingerprint density at radius 3 is 2.53 bits per heavy atom. The molecule has 15 heavy (non-hydrogen) atoms. The van der Waals surface area contributed by atoms with E-state index in [-0.39, 0.29) is 12.1 Å². The van der Waals surface area contributed by atoms with Crippen LogP contribution in [0.15, 0.2) is 0 Å². The van der Waals surface area contributed by atoms with E-state index in [1.807, 2.05) is 0 Å². The maximum Gasteiger partial charge on any atom is 0.413 e. The van der Waals surface area contributed by atoms with E-state index in [2.05, 4.69) is 10.3 Å². The Balaban J connectivity index is 2.23. The van der Waals surface area contributed by atoms with Crippen LogP contribution in [-0.2, 0) is 9.57 Å². The molecule has 1 N–H and O–H groups in total. The summed E-state index contributed by atoms with van der Waals surface area (Å²) < 4.78 is 40.5. The van der Waals surface area contributed by atoms with Gasteiger partial charge in [-0.15, -0.1) is 0 Å². The summed E-state index contributed by atoms with van der Waals surface area (Å²) in [6, 6.07) is -0.133. The van der Waals surface area contributed by atoms with Crippen molar-refractivity contribution in [1.29, 1.82) is 0 Å². The van der Waals surface area contributed by atoms with Gasteiger partial charge >= 0.3 is 6.18 Å². The summed E-state index contributed by atoms with van der Waals surface area (Å²) in [4.78, 5) is 4.41. The van der Waals surface area contributed by atoms with Gasteiger partial charge in [-0.25, -0.2) is 0 Å². The van der Waals surface area contributed by atoms with Gasteiger partial charge in [0, 0.05) is 7.11 Å². The molecule has 0 aliphatic heterocycles. The summed E-state index contributed by atoms with van der Waals surface area (Å²) in [5.74, 6) is 0. The first-order chi connectivity index (χ1) is 7.03. The average molecular weight is 227 g/mol. The fourth-order valence-electron chi connectivity index (χ4n) is 1.74. The molecule has 0 aromatic rings. The zero-order chi connectivity index (χ0) is 11.3. The van der Waals surface area contributed by atoms with E-state index in [1.165, 1.54) is 0 Å². The van der Waals surface area contributed by atoms with E-state index in [0.29, 0.717) is 0 Å². The van der Waals surface area contributed by atoms with Gasteiger partial charge in [-0.1, -0.05) is 12.8 Å². The Hall–Kier alpha value is -0.330. The second kappa shape index (κ2) is 5.67. The first kappa shape index (κ1) is 12.7. The zero-order valence-corrected chi connectivity index (χ0v) is 8.64. The van der Waals surface area contributed by atoms with E-state index >= 15 is 0 Å². The minimum atomic E-state index is -4.29. The van der Waals surface area contributed by atoms with Crippen LogP contribution >= 0.6 is 0 Å². The molecule has 0 radical (unpaired) electrons. The summed E-state index contributed by atoms with van der Waals surface area (Å²) >= 11 is 0. The van der Waals surface area contributed by atoms with Gasteiger partial charge in [-0.3, -0.25) is 4.84 Å². The number of hydrogen-bond donors (Lipinski definition) is 1. The molecule has 0 heterocycles. The predicted molar refractivity (Wildman–Crippen MR) is 48.2 cm³/mol. The lowest BCUT2D eigenvalue weighted by Crippen LogP contribution is -2.44. The van der Waals surface area contributed by atoms with Gasteiger partial charge < -0.3 is 4.74 Å². The molecule has 1 rings (SSSR count). The van der Waals surface area contributed by atoms with Crippen molar-refractivity contribution in [3.05, 3.63) is 0 Å². The molecule has 0 aromatic heterocycles. The molecule has 1 aliphatic rings. The van der Waals surface area contributed by atoms with Crippen LogP contribution in [0.5, 0.6) is 0 Å². The molecular formula is C9H16F3NO2. The Kier molecular flexibility index (Phi) is 4.82. The predicted octanol–water partition coefficient (Wildman–Crippen LogP) is 2.03. The van der Waals surface area contributed by atoms with E-state index in [1.54, 1.807) is 7.11 Å². The van der Waals surface area contributed by atoms with Gasteiger partial charge in [0.1, 0.15) is 0 Å². The molecule has 0 bridgehead atoms. The highest BCUT2D eigenvalue weighted by atomic mass is 19.4. The van der Waals surface area contributed by atoms with Crippen LogP contribution in [-0.4, -0.2) is 32.0 Å². The van der Waals surface area contributed by atoms with E-state index in [4.69, 9.17) is 4.74 Å². The number of halogens is 3. The second-order valence-corrected chi connectivity index (χ2v) is 3.69. The highest BCUT2D eigenvalue weighted by Crippen LogP contribution is 2.21. The Morgan fingerprint density at radius 1 is 1.27 bits per heavy atom. The molecule has 2 atom stereocenters. The van der Waals surface area contributed by atoms with Gasteiger partial charge in [0.25, 0.3) is 0 Å². The maximum absolute atomic E-state index is 11.8. The Bertz CT molecular complexity index is 187. The fraction of sp³-hybridized carbons (Fsp3) is 1.00. The van der Waals surface area contributed by atoms with Gasteiger partial charge in [-0.2, -0.15) is 18.7 Å².